The highest BCUT2D eigenvalue weighted by atomic mass is 28.3. The summed E-state index contributed by atoms with van der Waals surface area (Å²) in [7, 11) is -0.763. The van der Waals surface area contributed by atoms with Gasteiger partial charge in [-0.1, -0.05) is 65.7 Å². The Morgan fingerprint density at radius 1 is 0.792 bits per heavy atom. The Hall–Kier alpha value is -4.18. The van der Waals surface area contributed by atoms with Gasteiger partial charge in [0.1, 0.15) is 26.5 Å². The van der Waals surface area contributed by atoms with Crippen molar-refractivity contribution in [2.24, 2.45) is 0 Å². The van der Waals surface area contributed by atoms with Gasteiger partial charge in [-0.3, -0.25) is 19.2 Å². The van der Waals surface area contributed by atoms with Crippen LogP contribution in [0.4, 0.5) is 0 Å². The second-order valence-electron chi connectivity index (χ2n) is 14.3. The van der Waals surface area contributed by atoms with Crippen LogP contribution in [0.25, 0.3) is 0 Å². The highest BCUT2D eigenvalue weighted by Gasteiger charge is 2.61. The highest BCUT2D eigenvalue weighted by molar-refractivity contribution is 6.90. The molecule has 0 amide bonds. The van der Waals surface area contributed by atoms with Gasteiger partial charge in [-0.15, -0.1) is 5.54 Å². The Bertz CT molecular complexity index is 1630. The molecule has 1 heterocycles. The normalized spacial score (nSPS) is 21.4. The molecule has 3 rings (SSSR count). The smallest absolute Gasteiger partial charge is 0.303 e. The molecule has 1 saturated heterocycles. The van der Waals surface area contributed by atoms with Gasteiger partial charge >= 0.3 is 23.9 Å². The third-order valence-electron chi connectivity index (χ3n) is 9.76. The number of esters is 4. The molecule has 1 fully saturated rings. The van der Waals surface area contributed by atoms with Crippen molar-refractivity contribution in [3.05, 3.63) is 64.7 Å². The lowest BCUT2D eigenvalue weighted by molar-refractivity contribution is -0.367. The number of hydrogen-bond acceptors (Lipinski definition) is 11. The van der Waals surface area contributed by atoms with Gasteiger partial charge in [-0.2, -0.15) is 0 Å². The highest BCUT2D eigenvalue weighted by Crippen LogP contribution is 2.44. The van der Waals surface area contributed by atoms with E-state index in [-0.39, 0.29) is 0 Å². The molecule has 11 nitrogen and oxygen atoms in total. The fourth-order valence-corrected chi connectivity index (χ4v) is 12.8. The third-order valence-corrected chi connectivity index (χ3v) is 16.0. The van der Waals surface area contributed by atoms with E-state index < -0.39 is 68.8 Å². The van der Waals surface area contributed by atoms with Crippen LogP contribution in [-0.2, 0) is 59.8 Å². The molecule has 1 aliphatic heterocycles. The molecule has 12 heteroatoms. The van der Waals surface area contributed by atoms with Crippen LogP contribution in [0.1, 0.15) is 98.4 Å². The number of hydrogen-bond donors (Lipinski definition) is 0. The van der Waals surface area contributed by atoms with Crippen LogP contribution in [0.2, 0.25) is 16.6 Å². The van der Waals surface area contributed by atoms with Crippen molar-refractivity contribution < 1.29 is 52.3 Å². The number of benzene rings is 2. The predicted molar refractivity (Wildman–Crippen MR) is 202 cm³/mol. The third kappa shape index (κ3) is 10.3. The van der Waals surface area contributed by atoms with Gasteiger partial charge in [0, 0.05) is 45.9 Å². The molecule has 0 saturated carbocycles. The molecule has 0 spiro atoms. The SMILES string of the molecule is CCOc1ccc(Cc2cc(C3(OC)O[C@H](COC(C)=O)[C@@H](OC(C)=O)[C@H](OC(C)=O)[C@H]3OC(C)=O)ccc2C#C[Si](C(C)C)(C(C)C)C(C)C)cc1. The molecule has 0 aromatic heterocycles. The lowest BCUT2D eigenvalue weighted by Gasteiger charge is -2.50. The van der Waals surface area contributed by atoms with E-state index in [9.17, 15) is 19.2 Å². The van der Waals surface area contributed by atoms with Crippen LogP contribution in [0.15, 0.2) is 42.5 Å². The summed E-state index contributed by atoms with van der Waals surface area (Å²) in [5.41, 5.74) is 8.11. The van der Waals surface area contributed by atoms with E-state index in [0.717, 1.165) is 22.4 Å². The lowest BCUT2D eigenvalue weighted by Crippen LogP contribution is -2.67. The zero-order valence-corrected chi connectivity index (χ0v) is 34.2. The maximum absolute atomic E-state index is 12.7. The summed E-state index contributed by atoms with van der Waals surface area (Å²) >= 11 is 0. The average molecular weight is 753 g/mol. The summed E-state index contributed by atoms with van der Waals surface area (Å²) in [4.78, 5) is 49.6. The quantitative estimate of drug-likeness (QED) is 0.0874. The van der Waals surface area contributed by atoms with Gasteiger partial charge in [0.25, 0.3) is 0 Å². The van der Waals surface area contributed by atoms with Crippen molar-refractivity contribution >= 4 is 32.0 Å². The van der Waals surface area contributed by atoms with Crippen molar-refractivity contribution in [3.8, 4) is 17.2 Å². The largest absolute Gasteiger partial charge is 0.494 e. The van der Waals surface area contributed by atoms with Gasteiger partial charge in [0.2, 0.25) is 11.9 Å². The second-order valence-corrected chi connectivity index (χ2v) is 19.9. The first-order chi connectivity index (χ1) is 24.9. The number of rotatable bonds is 14. The molecular formula is C41H56O11Si. The molecule has 290 valence electrons. The van der Waals surface area contributed by atoms with Crippen molar-refractivity contribution in [1.82, 2.24) is 0 Å². The minimum Gasteiger partial charge on any atom is -0.494 e. The molecule has 2 aromatic carbocycles. The van der Waals surface area contributed by atoms with E-state index in [1.54, 1.807) is 6.07 Å². The van der Waals surface area contributed by atoms with Crippen LogP contribution in [0.5, 0.6) is 5.75 Å². The zero-order chi connectivity index (χ0) is 39.7. The van der Waals surface area contributed by atoms with Gasteiger partial charge in [0.05, 0.1) is 6.61 Å². The van der Waals surface area contributed by atoms with Gasteiger partial charge in [-0.05, 0) is 65.4 Å². The number of methoxy groups -OCH3 is 1. The van der Waals surface area contributed by atoms with Crippen LogP contribution < -0.4 is 4.74 Å². The number of ether oxygens (including phenoxy) is 7. The monoisotopic (exact) mass is 752 g/mol. The first-order valence-electron chi connectivity index (χ1n) is 18.2. The Balaban J connectivity index is 2.37. The van der Waals surface area contributed by atoms with Crippen molar-refractivity contribution in [2.45, 2.75) is 129 Å². The maximum atomic E-state index is 12.7. The topological polar surface area (TPSA) is 133 Å². The molecule has 0 bridgehead atoms. The van der Waals surface area contributed by atoms with Crippen molar-refractivity contribution in [1.29, 1.82) is 0 Å². The van der Waals surface area contributed by atoms with E-state index in [1.807, 2.05) is 43.3 Å². The number of carbonyl (C=O) groups is 4. The van der Waals surface area contributed by atoms with E-state index in [2.05, 4.69) is 53.0 Å². The fraction of sp³-hybridized carbons (Fsp3) is 0.561. The minimum atomic E-state index is -2.13. The molecule has 0 aliphatic carbocycles. The Labute approximate surface area is 315 Å². The van der Waals surface area contributed by atoms with Crippen molar-refractivity contribution in [2.75, 3.05) is 20.3 Å². The molecule has 1 aliphatic rings. The first kappa shape index (κ1) is 43.2. The minimum absolute atomic E-state index is 0.391. The Morgan fingerprint density at radius 3 is 1.85 bits per heavy atom. The molecule has 5 atom stereocenters. The van der Waals surface area contributed by atoms with Gasteiger partial charge in [-0.25, -0.2) is 0 Å². The number of carbonyl (C=O) groups excluding carboxylic acids is 4. The fourth-order valence-electron chi connectivity index (χ4n) is 7.56. The second kappa shape index (κ2) is 18.7. The lowest BCUT2D eigenvalue weighted by atomic mass is 9.85. The van der Waals surface area contributed by atoms with Crippen LogP contribution in [-0.4, -0.2) is 76.7 Å². The Morgan fingerprint density at radius 2 is 1.36 bits per heavy atom. The van der Waals surface area contributed by atoms with E-state index in [0.29, 0.717) is 35.2 Å². The van der Waals surface area contributed by atoms with Gasteiger partial charge in [0.15, 0.2) is 12.2 Å². The average Bonchev–Trinajstić information content (AvgIpc) is 3.06. The molecule has 1 unspecified atom stereocenters. The first-order valence-corrected chi connectivity index (χ1v) is 20.4. The zero-order valence-electron chi connectivity index (χ0n) is 33.2. The summed E-state index contributed by atoms with van der Waals surface area (Å²) < 4.78 is 40.9. The summed E-state index contributed by atoms with van der Waals surface area (Å²) in [5.74, 6) is -0.392. The summed E-state index contributed by atoms with van der Waals surface area (Å²) in [6.07, 6.45) is -4.97. The molecule has 53 heavy (non-hydrogen) atoms. The van der Waals surface area contributed by atoms with E-state index >= 15 is 0 Å². The Kier molecular flexibility index (Phi) is 15.3. The summed E-state index contributed by atoms with van der Waals surface area (Å²) in [6.45, 7) is 20.4. The van der Waals surface area contributed by atoms with E-state index in [4.69, 9.17) is 33.2 Å². The molecule has 0 radical (unpaired) electrons. The van der Waals surface area contributed by atoms with Crippen LogP contribution >= 0.6 is 0 Å². The summed E-state index contributed by atoms with van der Waals surface area (Å²) in [5, 5.41) is 0. The standard InChI is InChI=1S/C41H56O11Si/c1-13-47-36-18-14-32(15-19-36)22-34-23-35(17-16-33(34)20-21-53(25(2)3,26(4)5)27(6)7)41(46-12)40(51-31(11)45)39(50-30(10)44)38(49-29(9)43)37(52-41)24-48-28(8)42/h14-19,23,25-27,37-40H,13,22,24H2,1-12H3/t37-,38-,39+,40-,41?/m1/s1. The molecular weight excluding hydrogens is 697 g/mol. The van der Waals surface area contributed by atoms with E-state index in [1.165, 1.54) is 34.8 Å². The predicted octanol–water partition coefficient (Wildman–Crippen LogP) is 6.80. The van der Waals surface area contributed by atoms with Crippen LogP contribution in [0.3, 0.4) is 0 Å². The molecule has 2 aromatic rings. The van der Waals surface area contributed by atoms with Gasteiger partial charge < -0.3 is 33.2 Å². The van der Waals surface area contributed by atoms with Crippen molar-refractivity contribution in [3.63, 3.8) is 0 Å². The summed E-state index contributed by atoms with van der Waals surface area (Å²) in [6, 6.07) is 13.4. The molecule has 0 N–H and O–H groups in total. The maximum Gasteiger partial charge on any atom is 0.303 e. The van der Waals surface area contributed by atoms with Crippen LogP contribution in [0, 0.1) is 11.5 Å².